The molecule has 0 aliphatic heterocycles. The minimum atomic E-state index is -0.457. The molecule has 0 fully saturated rings. The van der Waals surface area contributed by atoms with Crippen molar-refractivity contribution in [2.45, 2.75) is 20.3 Å². The Bertz CT molecular complexity index is 323. The van der Waals surface area contributed by atoms with Gasteiger partial charge in [0, 0.05) is 5.56 Å². The number of Topliss-reactive ketones (excluding diaryl/α,β-unsaturated/α-hetero) is 1. The number of rotatable bonds is 4. The van der Waals surface area contributed by atoms with Gasteiger partial charge in [0.25, 0.3) is 0 Å². The molecule has 1 aromatic carbocycles. The van der Waals surface area contributed by atoms with E-state index in [-0.39, 0.29) is 0 Å². The molecule has 14 heavy (non-hydrogen) atoms. The van der Waals surface area contributed by atoms with E-state index in [4.69, 9.17) is 0 Å². The Morgan fingerprint density at radius 2 is 1.86 bits per heavy atom. The highest BCUT2D eigenvalue weighted by Crippen LogP contribution is 2.09. The molecule has 0 unspecified atom stereocenters. The zero-order chi connectivity index (χ0) is 10.6. The highest BCUT2D eigenvalue weighted by Gasteiger charge is 2.03. The SMILES string of the molecule is CC(C)Cc1ccc(C(=O)C=O)cc1. The number of carbonyl (C=O) groups excluding carboxylic acids is 2. The third-order valence-corrected chi connectivity index (χ3v) is 1.99. The molecule has 2 heteroatoms. The second kappa shape index (κ2) is 4.70. The summed E-state index contributed by atoms with van der Waals surface area (Å²) >= 11 is 0. The van der Waals surface area contributed by atoms with Crippen LogP contribution in [-0.2, 0) is 11.2 Å². The average molecular weight is 190 g/mol. The first-order valence-electron chi connectivity index (χ1n) is 4.72. The Morgan fingerprint density at radius 3 is 2.29 bits per heavy atom. The van der Waals surface area contributed by atoms with Crippen LogP contribution in [0.15, 0.2) is 24.3 Å². The lowest BCUT2D eigenvalue weighted by molar-refractivity contribution is -0.104. The first-order valence-corrected chi connectivity index (χ1v) is 4.72. The lowest BCUT2D eigenvalue weighted by Crippen LogP contribution is -2.00. The number of hydrogen-bond acceptors (Lipinski definition) is 2. The number of carbonyl (C=O) groups is 2. The van der Waals surface area contributed by atoms with Crippen molar-refractivity contribution in [3.63, 3.8) is 0 Å². The summed E-state index contributed by atoms with van der Waals surface area (Å²) in [5.41, 5.74) is 1.66. The second-order valence-electron chi connectivity index (χ2n) is 3.78. The molecule has 74 valence electrons. The van der Waals surface area contributed by atoms with Crippen LogP contribution in [0, 0.1) is 5.92 Å². The smallest absolute Gasteiger partial charge is 0.225 e. The standard InChI is InChI=1S/C12H14O2/c1-9(2)7-10-3-5-11(6-4-10)12(14)8-13/h3-6,8-9H,7H2,1-2H3. The predicted octanol–water partition coefficient (Wildman–Crippen LogP) is 2.27. The first kappa shape index (κ1) is 10.6. The van der Waals surface area contributed by atoms with Crippen molar-refractivity contribution in [3.8, 4) is 0 Å². The van der Waals surface area contributed by atoms with Crippen LogP contribution in [0.5, 0.6) is 0 Å². The molecule has 0 radical (unpaired) electrons. The van der Waals surface area contributed by atoms with Crippen molar-refractivity contribution in [2.75, 3.05) is 0 Å². The van der Waals surface area contributed by atoms with Crippen LogP contribution in [-0.4, -0.2) is 12.1 Å². The zero-order valence-electron chi connectivity index (χ0n) is 8.49. The molecule has 0 N–H and O–H groups in total. The van der Waals surface area contributed by atoms with E-state index in [9.17, 15) is 9.59 Å². The van der Waals surface area contributed by atoms with Crippen molar-refractivity contribution >= 4 is 12.1 Å². The molecule has 0 bridgehead atoms. The fourth-order valence-electron chi connectivity index (χ4n) is 1.34. The maximum absolute atomic E-state index is 11.0. The molecule has 0 aliphatic rings. The number of ketones is 1. The first-order chi connectivity index (χ1) is 6.63. The summed E-state index contributed by atoms with van der Waals surface area (Å²) in [6.07, 6.45) is 1.34. The van der Waals surface area contributed by atoms with Crippen molar-refractivity contribution in [2.24, 2.45) is 5.92 Å². The Hall–Kier alpha value is -1.44. The Kier molecular flexibility index (Phi) is 3.57. The summed E-state index contributed by atoms with van der Waals surface area (Å²) in [4.78, 5) is 21.2. The van der Waals surface area contributed by atoms with E-state index >= 15 is 0 Å². The van der Waals surface area contributed by atoms with Gasteiger partial charge >= 0.3 is 0 Å². The van der Waals surface area contributed by atoms with Gasteiger partial charge < -0.3 is 0 Å². The highest BCUT2D eigenvalue weighted by atomic mass is 16.2. The van der Waals surface area contributed by atoms with Gasteiger partial charge in [-0.2, -0.15) is 0 Å². The van der Waals surface area contributed by atoms with E-state index in [1.165, 1.54) is 5.56 Å². The fourth-order valence-corrected chi connectivity index (χ4v) is 1.34. The number of aldehydes is 1. The maximum Gasteiger partial charge on any atom is 0.225 e. The predicted molar refractivity (Wildman–Crippen MR) is 55.4 cm³/mol. The van der Waals surface area contributed by atoms with Crippen molar-refractivity contribution < 1.29 is 9.59 Å². The second-order valence-corrected chi connectivity index (χ2v) is 3.78. The van der Waals surface area contributed by atoms with Gasteiger partial charge in [0.15, 0.2) is 6.29 Å². The molecule has 0 spiro atoms. The minimum Gasteiger partial charge on any atom is -0.294 e. The van der Waals surface area contributed by atoms with E-state index in [0.29, 0.717) is 17.8 Å². The van der Waals surface area contributed by atoms with Gasteiger partial charge in [0.1, 0.15) is 0 Å². The van der Waals surface area contributed by atoms with Crippen LogP contribution in [0.25, 0.3) is 0 Å². The summed E-state index contributed by atoms with van der Waals surface area (Å²) in [6.45, 7) is 4.29. The van der Waals surface area contributed by atoms with Crippen LogP contribution < -0.4 is 0 Å². The summed E-state index contributed by atoms with van der Waals surface area (Å²) < 4.78 is 0. The van der Waals surface area contributed by atoms with Gasteiger partial charge in [0.2, 0.25) is 5.78 Å². The van der Waals surface area contributed by atoms with Crippen LogP contribution >= 0.6 is 0 Å². The van der Waals surface area contributed by atoms with E-state index in [1.54, 1.807) is 12.1 Å². The molecule has 2 nitrogen and oxygen atoms in total. The molecule has 0 atom stereocenters. The zero-order valence-corrected chi connectivity index (χ0v) is 8.49. The molecular formula is C12H14O2. The molecule has 0 heterocycles. The molecule has 0 saturated heterocycles. The molecule has 0 aromatic heterocycles. The lowest BCUT2D eigenvalue weighted by Gasteiger charge is -2.04. The highest BCUT2D eigenvalue weighted by molar-refractivity contribution is 6.33. The van der Waals surface area contributed by atoms with Crippen LogP contribution in [0.1, 0.15) is 29.8 Å². The van der Waals surface area contributed by atoms with E-state index in [0.717, 1.165) is 6.42 Å². The van der Waals surface area contributed by atoms with Gasteiger partial charge in [-0.25, -0.2) is 0 Å². The molecule has 0 aliphatic carbocycles. The largest absolute Gasteiger partial charge is 0.294 e. The third-order valence-electron chi connectivity index (χ3n) is 1.99. The number of benzene rings is 1. The van der Waals surface area contributed by atoms with E-state index in [2.05, 4.69) is 13.8 Å². The maximum atomic E-state index is 11.0. The van der Waals surface area contributed by atoms with Crippen LogP contribution in [0.4, 0.5) is 0 Å². The van der Waals surface area contributed by atoms with E-state index in [1.807, 2.05) is 12.1 Å². The summed E-state index contributed by atoms with van der Waals surface area (Å²) in [7, 11) is 0. The monoisotopic (exact) mass is 190 g/mol. The van der Waals surface area contributed by atoms with Gasteiger partial charge in [-0.15, -0.1) is 0 Å². The summed E-state index contributed by atoms with van der Waals surface area (Å²) in [5.74, 6) is 0.142. The van der Waals surface area contributed by atoms with Gasteiger partial charge in [-0.05, 0) is 17.9 Å². The summed E-state index contributed by atoms with van der Waals surface area (Å²) in [6, 6.07) is 7.20. The Balaban J connectivity index is 2.78. The van der Waals surface area contributed by atoms with E-state index < -0.39 is 5.78 Å². The third kappa shape index (κ3) is 2.80. The Labute approximate surface area is 83.9 Å². The molecule has 0 saturated carbocycles. The molecule has 0 amide bonds. The van der Waals surface area contributed by atoms with Gasteiger partial charge in [-0.3, -0.25) is 9.59 Å². The van der Waals surface area contributed by atoms with Crippen molar-refractivity contribution in [3.05, 3.63) is 35.4 Å². The van der Waals surface area contributed by atoms with Crippen molar-refractivity contribution in [1.29, 1.82) is 0 Å². The lowest BCUT2D eigenvalue weighted by atomic mass is 10.0. The topological polar surface area (TPSA) is 34.1 Å². The summed E-state index contributed by atoms with van der Waals surface area (Å²) in [5, 5.41) is 0. The van der Waals surface area contributed by atoms with Crippen LogP contribution in [0.2, 0.25) is 0 Å². The average Bonchev–Trinajstić information content (AvgIpc) is 2.17. The Morgan fingerprint density at radius 1 is 1.29 bits per heavy atom. The quantitative estimate of drug-likeness (QED) is 0.414. The van der Waals surface area contributed by atoms with Crippen LogP contribution in [0.3, 0.4) is 0 Å². The molecule has 1 rings (SSSR count). The molecular weight excluding hydrogens is 176 g/mol. The van der Waals surface area contributed by atoms with Crippen molar-refractivity contribution in [1.82, 2.24) is 0 Å². The normalized spacial score (nSPS) is 10.2. The minimum absolute atomic E-state index is 0.345. The molecule has 1 aromatic rings. The van der Waals surface area contributed by atoms with Gasteiger partial charge in [-0.1, -0.05) is 38.1 Å². The van der Waals surface area contributed by atoms with Gasteiger partial charge in [0.05, 0.1) is 0 Å². The fraction of sp³-hybridized carbons (Fsp3) is 0.333. The number of hydrogen-bond donors (Lipinski definition) is 0.